The Morgan fingerprint density at radius 3 is 1.93 bits per heavy atom. The highest BCUT2D eigenvalue weighted by Crippen LogP contribution is 2.26. The van der Waals surface area contributed by atoms with Gasteiger partial charge in [-0.3, -0.25) is 0 Å². The molecule has 0 aromatic carbocycles. The molecular formula is C11H18O3. The van der Waals surface area contributed by atoms with Gasteiger partial charge in [-0.05, 0) is 19.3 Å². The van der Waals surface area contributed by atoms with E-state index in [0.29, 0.717) is 0 Å². The first-order chi connectivity index (χ1) is 6.83. The lowest BCUT2D eigenvalue weighted by Gasteiger charge is -2.35. The molecule has 0 spiro atoms. The van der Waals surface area contributed by atoms with Crippen LogP contribution in [0.5, 0.6) is 0 Å². The molecule has 1 aliphatic rings. The van der Waals surface area contributed by atoms with Gasteiger partial charge in [-0.2, -0.15) is 0 Å². The fraction of sp³-hybridized carbons (Fsp3) is 0.636. The minimum absolute atomic E-state index is 0.0280. The lowest BCUT2D eigenvalue weighted by molar-refractivity contribution is -0.111. The van der Waals surface area contributed by atoms with Crippen molar-refractivity contribution < 1.29 is 14.2 Å². The zero-order chi connectivity index (χ0) is 10.4. The first kappa shape index (κ1) is 11.1. The van der Waals surface area contributed by atoms with Gasteiger partial charge in [-0.15, -0.1) is 0 Å². The maximum atomic E-state index is 5.39. The molecule has 0 aromatic rings. The highest BCUT2D eigenvalue weighted by molar-refractivity contribution is 4.86. The van der Waals surface area contributed by atoms with Crippen molar-refractivity contribution in [2.75, 3.05) is 7.11 Å². The number of hydrogen-bond acceptors (Lipinski definition) is 3. The SMILES string of the molecule is C=COC1CCCC(OC=C)C1OC. The number of methoxy groups -OCH3 is 1. The maximum absolute atomic E-state index is 5.39. The molecule has 0 radical (unpaired) electrons. The van der Waals surface area contributed by atoms with Crippen molar-refractivity contribution in [1.29, 1.82) is 0 Å². The molecule has 2 atom stereocenters. The number of ether oxygens (including phenoxy) is 3. The minimum Gasteiger partial charge on any atom is -0.496 e. The van der Waals surface area contributed by atoms with Crippen molar-refractivity contribution in [2.24, 2.45) is 0 Å². The molecule has 80 valence electrons. The Labute approximate surface area is 85.3 Å². The fourth-order valence-corrected chi connectivity index (χ4v) is 1.93. The highest BCUT2D eigenvalue weighted by Gasteiger charge is 2.35. The monoisotopic (exact) mass is 198 g/mol. The van der Waals surface area contributed by atoms with Gasteiger partial charge in [0, 0.05) is 7.11 Å². The van der Waals surface area contributed by atoms with Gasteiger partial charge >= 0.3 is 0 Å². The first-order valence-electron chi connectivity index (χ1n) is 4.89. The van der Waals surface area contributed by atoms with E-state index in [1.807, 2.05) is 0 Å². The van der Waals surface area contributed by atoms with Crippen LogP contribution in [0.15, 0.2) is 25.7 Å². The van der Waals surface area contributed by atoms with Crippen LogP contribution < -0.4 is 0 Å². The lowest BCUT2D eigenvalue weighted by atomic mass is 9.92. The van der Waals surface area contributed by atoms with Crippen LogP contribution in [-0.2, 0) is 14.2 Å². The zero-order valence-electron chi connectivity index (χ0n) is 8.65. The molecule has 0 heterocycles. The average molecular weight is 198 g/mol. The summed E-state index contributed by atoms with van der Waals surface area (Å²) in [6.07, 6.45) is 6.06. The van der Waals surface area contributed by atoms with Crippen molar-refractivity contribution in [3.05, 3.63) is 25.7 Å². The lowest BCUT2D eigenvalue weighted by Crippen LogP contribution is -2.44. The van der Waals surface area contributed by atoms with Gasteiger partial charge in [0.2, 0.25) is 0 Å². The molecule has 2 unspecified atom stereocenters. The van der Waals surface area contributed by atoms with Crippen LogP contribution in [0.25, 0.3) is 0 Å². The van der Waals surface area contributed by atoms with Gasteiger partial charge in [0.15, 0.2) is 0 Å². The summed E-state index contributed by atoms with van der Waals surface area (Å²) in [5.41, 5.74) is 0. The van der Waals surface area contributed by atoms with Crippen LogP contribution in [0.2, 0.25) is 0 Å². The minimum atomic E-state index is -0.0280. The number of hydrogen-bond donors (Lipinski definition) is 0. The third kappa shape index (κ3) is 2.51. The predicted molar refractivity (Wildman–Crippen MR) is 54.8 cm³/mol. The van der Waals surface area contributed by atoms with Gasteiger partial charge < -0.3 is 14.2 Å². The average Bonchev–Trinajstić information content (AvgIpc) is 2.19. The molecule has 0 bridgehead atoms. The van der Waals surface area contributed by atoms with Crippen molar-refractivity contribution >= 4 is 0 Å². The summed E-state index contributed by atoms with van der Waals surface area (Å²) in [7, 11) is 1.68. The summed E-state index contributed by atoms with van der Waals surface area (Å²) in [5, 5.41) is 0. The van der Waals surface area contributed by atoms with Crippen molar-refractivity contribution in [2.45, 2.75) is 37.6 Å². The Morgan fingerprint density at radius 1 is 1.07 bits per heavy atom. The normalized spacial score (nSPS) is 31.9. The molecule has 1 fully saturated rings. The molecule has 0 amide bonds. The molecule has 0 aliphatic heterocycles. The highest BCUT2D eigenvalue weighted by atomic mass is 16.6. The number of rotatable bonds is 5. The van der Waals surface area contributed by atoms with Gasteiger partial charge in [0.1, 0.15) is 18.3 Å². The topological polar surface area (TPSA) is 27.7 Å². The van der Waals surface area contributed by atoms with Crippen LogP contribution in [0.4, 0.5) is 0 Å². The zero-order valence-corrected chi connectivity index (χ0v) is 8.65. The summed E-state index contributed by atoms with van der Waals surface area (Å²) in [5.74, 6) is 0. The predicted octanol–water partition coefficient (Wildman–Crippen LogP) is 2.24. The van der Waals surface area contributed by atoms with E-state index in [0.717, 1.165) is 19.3 Å². The molecule has 0 aromatic heterocycles. The van der Waals surface area contributed by atoms with E-state index >= 15 is 0 Å². The smallest absolute Gasteiger partial charge is 0.130 e. The molecule has 0 N–H and O–H groups in total. The van der Waals surface area contributed by atoms with E-state index in [2.05, 4.69) is 13.2 Å². The Balaban J connectivity index is 2.58. The van der Waals surface area contributed by atoms with Crippen LogP contribution >= 0.6 is 0 Å². The van der Waals surface area contributed by atoms with Crippen molar-refractivity contribution in [3.63, 3.8) is 0 Å². The summed E-state index contributed by atoms with van der Waals surface area (Å²) >= 11 is 0. The largest absolute Gasteiger partial charge is 0.496 e. The molecule has 1 rings (SSSR count). The van der Waals surface area contributed by atoms with Gasteiger partial charge in [-0.25, -0.2) is 0 Å². The first-order valence-corrected chi connectivity index (χ1v) is 4.89. The van der Waals surface area contributed by atoms with E-state index in [9.17, 15) is 0 Å². The molecular weight excluding hydrogens is 180 g/mol. The van der Waals surface area contributed by atoms with Crippen LogP contribution in [0, 0.1) is 0 Å². The van der Waals surface area contributed by atoms with Crippen molar-refractivity contribution in [1.82, 2.24) is 0 Å². The fourth-order valence-electron chi connectivity index (χ4n) is 1.93. The quantitative estimate of drug-likeness (QED) is 0.634. The Kier molecular flexibility index (Phi) is 4.53. The van der Waals surface area contributed by atoms with E-state index < -0.39 is 0 Å². The second-order valence-corrected chi connectivity index (χ2v) is 3.31. The van der Waals surface area contributed by atoms with E-state index in [1.165, 1.54) is 12.5 Å². The molecule has 14 heavy (non-hydrogen) atoms. The standard InChI is InChI=1S/C11H18O3/c1-4-13-9-7-6-8-10(14-5-2)11(9)12-3/h4-5,9-11H,1-2,6-8H2,3H3. The van der Waals surface area contributed by atoms with E-state index in [1.54, 1.807) is 7.11 Å². The second-order valence-electron chi connectivity index (χ2n) is 3.31. The van der Waals surface area contributed by atoms with Gasteiger partial charge in [0.05, 0.1) is 12.5 Å². The second kappa shape index (κ2) is 5.70. The summed E-state index contributed by atoms with van der Waals surface area (Å²) < 4.78 is 16.2. The van der Waals surface area contributed by atoms with Gasteiger partial charge in [-0.1, -0.05) is 13.2 Å². The summed E-state index contributed by atoms with van der Waals surface area (Å²) in [6.45, 7) is 7.11. The van der Waals surface area contributed by atoms with Crippen LogP contribution in [0.1, 0.15) is 19.3 Å². The third-order valence-electron chi connectivity index (χ3n) is 2.52. The van der Waals surface area contributed by atoms with Gasteiger partial charge in [0.25, 0.3) is 0 Å². The van der Waals surface area contributed by atoms with E-state index in [-0.39, 0.29) is 18.3 Å². The van der Waals surface area contributed by atoms with E-state index in [4.69, 9.17) is 14.2 Å². The Morgan fingerprint density at radius 2 is 1.57 bits per heavy atom. The molecule has 1 aliphatic carbocycles. The molecule has 3 heteroatoms. The van der Waals surface area contributed by atoms with Crippen LogP contribution in [-0.4, -0.2) is 25.4 Å². The summed E-state index contributed by atoms with van der Waals surface area (Å²) in [6, 6.07) is 0. The van der Waals surface area contributed by atoms with Crippen molar-refractivity contribution in [3.8, 4) is 0 Å². The third-order valence-corrected chi connectivity index (χ3v) is 2.52. The molecule has 0 saturated heterocycles. The molecule has 1 saturated carbocycles. The Bertz CT molecular complexity index is 173. The summed E-state index contributed by atoms with van der Waals surface area (Å²) in [4.78, 5) is 0. The maximum Gasteiger partial charge on any atom is 0.130 e. The van der Waals surface area contributed by atoms with Crippen LogP contribution in [0.3, 0.4) is 0 Å². The Hall–Kier alpha value is -0.960. The molecule has 3 nitrogen and oxygen atoms in total.